The van der Waals surface area contributed by atoms with Crippen LogP contribution in [-0.4, -0.2) is 38.2 Å². The summed E-state index contributed by atoms with van der Waals surface area (Å²) >= 11 is 0. The van der Waals surface area contributed by atoms with Crippen molar-refractivity contribution >= 4 is 18.0 Å². The zero-order valence-electron chi connectivity index (χ0n) is 17.4. The Morgan fingerprint density at radius 1 is 1.18 bits per heavy atom. The van der Waals surface area contributed by atoms with Gasteiger partial charge in [0.15, 0.2) is 6.10 Å². The van der Waals surface area contributed by atoms with Crippen LogP contribution < -0.4 is 14.8 Å². The standard InChI is InChI=1S/C22H31NO5/c1-14-7-6-8-19(15(14)2)23-22(25)16(3)28-21(24)12-10-17-9-11-18(26-4)13-20(17)27-5/h9-16,19H,6-8H2,1-5H3,(H,23,25)/b12-10+/t14-,15-,16-,19+/m1/s1. The van der Waals surface area contributed by atoms with Crippen LogP contribution in [0.2, 0.25) is 0 Å². The van der Waals surface area contributed by atoms with Crippen LogP contribution in [0.5, 0.6) is 11.5 Å². The third kappa shape index (κ3) is 5.75. The molecule has 1 N–H and O–H groups in total. The molecule has 1 aromatic rings. The third-order valence-electron chi connectivity index (χ3n) is 5.54. The summed E-state index contributed by atoms with van der Waals surface area (Å²) in [4.78, 5) is 24.5. The molecule has 2 rings (SSSR count). The lowest BCUT2D eigenvalue weighted by Gasteiger charge is -2.35. The molecule has 0 bridgehead atoms. The van der Waals surface area contributed by atoms with Gasteiger partial charge >= 0.3 is 5.97 Å². The fourth-order valence-corrected chi connectivity index (χ4v) is 3.47. The van der Waals surface area contributed by atoms with E-state index in [4.69, 9.17) is 14.2 Å². The molecule has 1 aliphatic rings. The van der Waals surface area contributed by atoms with Gasteiger partial charge in [0.1, 0.15) is 11.5 Å². The molecule has 1 saturated carbocycles. The topological polar surface area (TPSA) is 73.9 Å². The first kappa shape index (κ1) is 21.8. The van der Waals surface area contributed by atoms with Gasteiger partial charge in [0.05, 0.1) is 14.2 Å². The van der Waals surface area contributed by atoms with Crippen molar-refractivity contribution < 1.29 is 23.8 Å². The maximum Gasteiger partial charge on any atom is 0.331 e. The number of hydrogen-bond donors (Lipinski definition) is 1. The molecular weight excluding hydrogens is 358 g/mol. The lowest BCUT2D eigenvalue weighted by Crippen LogP contribution is -2.47. The molecule has 1 fully saturated rings. The van der Waals surface area contributed by atoms with Crippen LogP contribution in [0.3, 0.4) is 0 Å². The average Bonchev–Trinajstić information content (AvgIpc) is 2.69. The lowest BCUT2D eigenvalue weighted by atomic mass is 9.78. The smallest absolute Gasteiger partial charge is 0.331 e. The minimum Gasteiger partial charge on any atom is -0.497 e. The average molecular weight is 389 g/mol. The summed E-state index contributed by atoms with van der Waals surface area (Å²) in [7, 11) is 3.12. The van der Waals surface area contributed by atoms with Gasteiger partial charge in [-0.2, -0.15) is 0 Å². The quantitative estimate of drug-likeness (QED) is 0.570. The second-order valence-electron chi connectivity index (χ2n) is 7.40. The zero-order valence-corrected chi connectivity index (χ0v) is 17.4. The predicted molar refractivity (Wildman–Crippen MR) is 108 cm³/mol. The SMILES string of the molecule is COc1ccc(/C=C/C(=O)O[C@H](C)C(=O)N[C@H]2CCC[C@@H](C)[C@H]2C)c(OC)c1. The van der Waals surface area contributed by atoms with E-state index >= 15 is 0 Å². The molecule has 0 saturated heterocycles. The van der Waals surface area contributed by atoms with Gasteiger partial charge in [0.25, 0.3) is 5.91 Å². The number of amides is 1. The van der Waals surface area contributed by atoms with Gasteiger partial charge in [-0.25, -0.2) is 4.79 Å². The van der Waals surface area contributed by atoms with Gasteiger partial charge in [-0.15, -0.1) is 0 Å². The van der Waals surface area contributed by atoms with E-state index in [9.17, 15) is 9.59 Å². The maximum absolute atomic E-state index is 12.4. The Hall–Kier alpha value is -2.50. The Kier molecular flexibility index (Phi) is 7.91. The van der Waals surface area contributed by atoms with Crippen molar-refractivity contribution in [3.05, 3.63) is 29.8 Å². The highest BCUT2D eigenvalue weighted by molar-refractivity contribution is 5.90. The predicted octanol–water partition coefficient (Wildman–Crippen LogP) is 3.59. The molecule has 0 radical (unpaired) electrons. The molecule has 154 valence electrons. The number of nitrogens with one attached hydrogen (secondary N) is 1. The van der Waals surface area contributed by atoms with Crippen LogP contribution in [0.15, 0.2) is 24.3 Å². The minimum atomic E-state index is -0.848. The summed E-state index contributed by atoms with van der Waals surface area (Å²) in [5.74, 6) is 1.41. The summed E-state index contributed by atoms with van der Waals surface area (Å²) in [5, 5.41) is 3.03. The van der Waals surface area contributed by atoms with Crippen LogP contribution in [0, 0.1) is 11.8 Å². The Labute approximate surface area is 167 Å². The second-order valence-corrected chi connectivity index (χ2v) is 7.40. The second kappa shape index (κ2) is 10.2. The first-order valence-electron chi connectivity index (χ1n) is 9.76. The van der Waals surface area contributed by atoms with E-state index in [0.29, 0.717) is 28.9 Å². The van der Waals surface area contributed by atoms with Crippen molar-refractivity contribution in [1.29, 1.82) is 0 Å². The number of benzene rings is 1. The first-order valence-corrected chi connectivity index (χ1v) is 9.76. The van der Waals surface area contributed by atoms with E-state index in [1.165, 1.54) is 12.5 Å². The van der Waals surface area contributed by atoms with E-state index in [2.05, 4.69) is 19.2 Å². The van der Waals surface area contributed by atoms with E-state index in [1.54, 1.807) is 45.4 Å². The number of esters is 1. The van der Waals surface area contributed by atoms with Crippen molar-refractivity contribution in [2.24, 2.45) is 11.8 Å². The van der Waals surface area contributed by atoms with Gasteiger partial charge in [-0.3, -0.25) is 4.79 Å². The summed E-state index contributed by atoms with van der Waals surface area (Å²) in [6.07, 6.45) is 5.30. The van der Waals surface area contributed by atoms with Gasteiger partial charge in [-0.1, -0.05) is 26.7 Å². The number of hydrogen-bond acceptors (Lipinski definition) is 5. The highest BCUT2D eigenvalue weighted by Gasteiger charge is 2.29. The van der Waals surface area contributed by atoms with Gasteiger partial charge < -0.3 is 19.5 Å². The summed E-state index contributed by atoms with van der Waals surface area (Å²) < 4.78 is 15.7. The molecule has 28 heavy (non-hydrogen) atoms. The van der Waals surface area contributed by atoms with Crippen LogP contribution >= 0.6 is 0 Å². The monoisotopic (exact) mass is 389 g/mol. The van der Waals surface area contributed by atoms with Crippen LogP contribution in [-0.2, 0) is 14.3 Å². The van der Waals surface area contributed by atoms with Crippen LogP contribution in [0.25, 0.3) is 6.08 Å². The first-order chi connectivity index (χ1) is 13.3. The molecule has 1 amide bonds. The molecule has 0 aliphatic heterocycles. The van der Waals surface area contributed by atoms with Crippen LogP contribution in [0.4, 0.5) is 0 Å². The molecule has 0 spiro atoms. The van der Waals surface area contributed by atoms with Gasteiger partial charge in [-0.05, 0) is 43.4 Å². The van der Waals surface area contributed by atoms with E-state index < -0.39 is 12.1 Å². The Bertz CT molecular complexity index is 715. The normalized spacial score (nSPS) is 23.1. The molecule has 0 aromatic heterocycles. The minimum absolute atomic E-state index is 0.136. The van der Waals surface area contributed by atoms with Crippen molar-refractivity contribution in [2.45, 2.75) is 52.2 Å². The fourth-order valence-electron chi connectivity index (χ4n) is 3.47. The molecule has 1 aromatic carbocycles. The highest BCUT2D eigenvalue weighted by Crippen LogP contribution is 2.29. The fraction of sp³-hybridized carbons (Fsp3) is 0.545. The highest BCUT2D eigenvalue weighted by atomic mass is 16.5. The molecule has 4 atom stereocenters. The number of ether oxygens (including phenoxy) is 3. The van der Waals surface area contributed by atoms with Crippen LogP contribution in [0.1, 0.15) is 45.6 Å². The van der Waals surface area contributed by atoms with Crippen molar-refractivity contribution in [1.82, 2.24) is 5.32 Å². The van der Waals surface area contributed by atoms with Crippen molar-refractivity contribution in [3.63, 3.8) is 0 Å². The maximum atomic E-state index is 12.4. The zero-order chi connectivity index (χ0) is 20.7. The summed E-state index contributed by atoms with van der Waals surface area (Å²) in [6, 6.07) is 5.42. The van der Waals surface area contributed by atoms with Crippen molar-refractivity contribution in [2.75, 3.05) is 14.2 Å². The third-order valence-corrected chi connectivity index (χ3v) is 5.54. The molecule has 1 aliphatic carbocycles. The Balaban J connectivity index is 1.91. The van der Waals surface area contributed by atoms with E-state index in [0.717, 1.165) is 12.8 Å². The summed E-state index contributed by atoms with van der Waals surface area (Å²) in [5.41, 5.74) is 0.711. The number of rotatable bonds is 7. The lowest BCUT2D eigenvalue weighted by molar-refractivity contribution is -0.150. The van der Waals surface area contributed by atoms with E-state index in [1.807, 2.05) is 0 Å². The van der Waals surface area contributed by atoms with Gasteiger partial charge in [0.2, 0.25) is 0 Å². The largest absolute Gasteiger partial charge is 0.497 e. The summed E-state index contributed by atoms with van der Waals surface area (Å²) in [6.45, 7) is 5.97. The number of carbonyl (C=O) groups is 2. The Morgan fingerprint density at radius 2 is 1.93 bits per heavy atom. The van der Waals surface area contributed by atoms with Crippen molar-refractivity contribution in [3.8, 4) is 11.5 Å². The molecule has 0 heterocycles. The number of carbonyl (C=O) groups excluding carboxylic acids is 2. The Morgan fingerprint density at radius 3 is 2.61 bits per heavy atom. The molecule has 0 unspecified atom stereocenters. The molecular formula is C22H31NO5. The van der Waals surface area contributed by atoms with Gasteiger partial charge in [0, 0.05) is 23.7 Å². The number of methoxy groups -OCH3 is 2. The van der Waals surface area contributed by atoms with E-state index in [-0.39, 0.29) is 11.9 Å². The molecule has 6 nitrogen and oxygen atoms in total. The molecule has 6 heteroatoms.